The highest BCUT2D eigenvalue weighted by molar-refractivity contribution is 5.94. The van der Waals surface area contributed by atoms with Gasteiger partial charge in [-0.25, -0.2) is 13.2 Å². The fourth-order valence-corrected chi connectivity index (χ4v) is 1.77. The lowest BCUT2D eigenvalue weighted by atomic mass is 10.1. The Morgan fingerprint density at radius 3 is 2.45 bits per heavy atom. The zero-order chi connectivity index (χ0) is 16.7. The van der Waals surface area contributed by atoms with Crippen LogP contribution in [-0.2, 0) is 9.53 Å². The lowest BCUT2D eigenvalue weighted by Crippen LogP contribution is -2.35. The first-order valence-electron chi connectivity index (χ1n) is 6.52. The van der Waals surface area contributed by atoms with Gasteiger partial charge in [0.2, 0.25) is 0 Å². The van der Waals surface area contributed by atoms with E-state index in [0.29, 0.717) is 6.07 Å². The number of aliphatic hydroxyl groups is 1. The van der Waals surface area contributed by atoms with Crippen molar-refractivity contribution in [1.82, 2.24) is 4.90 Å². The average Bonchev–Trinajstić information content (AvgIpc) is 2.52. The van der Waals surface area contributed by atoms with Crippen LogP contribution >= 0.6 is 0 Å². The summed E-state index contributed by atoms with van der Waals surface area (Å²) in [4.78, 5) is 24.4. The summed E-state index contributed by atoms with van der Waals surface area (Å²) in [5.41, 5.74) is -0.637. The number of carbonyl (C=O) groups excluding carboxylic acids is 2. The second-order valence-corrected chi connectivity index (χ2v) is 4.42. The van der Waals surface area contributed by atoms with Gasteiger partial charge in [0.05, 0.1) is 19.1 Å². The summed E-state index contributed by atoms with van der Waals surface area (Å²) >= 11 is 0. The van der Waals surface area contributed by atoms with Gasteiger partial charge in [-0.05, 0) is 18.6 Å². The number of rotatable bonds is 7. The molecule has 0 aliphatic carbocycles. The van der Waals surface area contributed by atoms with Gasteiger partial charge in [-0.15, -0.1) is 0 Å². The van der Waals surface area contributed by atoms with Gasteiger partial charge < -0.3 is 14.7 Å². The molecule has 1 aromatic carbocycles. The molecule has 8 heteroatoms. The Morgan fingerprint density at radius 1 is 1.18 bits per heavy atom. The molecular weight excluding hydrogens is 303 g/mol. The number of halogens is 3. The van der Waals surface area contributed by atoms with Crippen LogP contribution in [0.2, 0.25) is 0 Å². The van der Waals surface area contributed by atoms with Crippen molar-refractivity contribution >= 4 is 11.9 Å². The fraction of sp³-hybridized carbons (Fsp3) is 0.429. The Balaban J connectivity index is 2.95. The van der Waals surface area contributed by atoms with Crippen molar-refractivity contribution in [3.8, 4) is 0 Å². The molecule has 1 N–H and O–H groups in total. The molecule has 0 aromatic heterocycles. The summed E-state index contributed by atoms with van der Waals surface area (Å²) in [6.07, 6.45) is 0.0528. The number of ether oxygens (including phenoxy) is 1. The molecule has 0 radical (unpaired) electrons. The molecule has 1 aromatic rings. The van der Waals surface area contributed by atoms with E-state index in [2.05, 4.69) is 4.74 Å². The topological polar surface area (TPSA) is 66.8 Å². The second kappa shape index (κ2) is 8.38. The van der Waals surface area contributed by atoms with E-state index in [1.807, 2.05) is 0 Å². The van der Waals surface area contributed by atoms with Crippen molar-refractivity contribution in [3.63, 3.8) is 0 Å². The highest BCUT2D eigenvalue weighted by atomic mass is 19.2. The number of carbonyl (C=O) groups is 2. The molecule has 0 saturated heterocycles. The van der Waals surface area contributed by atoms with Crippen LogP contribution in [0.15, 0.2) is 12.1 Å². The molecule has 1 amide bonds. The van der Waals surface area contributed by atoms with Crippen molar-refractivity contribution < 1.29 is 32.6 Å². The van der Waals surface area contributed by atoms with Crippen LogP contribution in [-0.4, -0.2) is 48.7 Å². The predicted molar refractivity (Wildman–Crippen MR) is 70.6 cm³/mol. The number of esters is 1. The molecule has 5 nitrogen and oxygen atoms in total. The average molecular weight is 319 g/mol. The lowest BCUT2D eigenvalue weighted by Gasteiger charge is -2.22. The molecule has 0 saturated carbocycles. The maximum Gasteiger partial charge on any atom is 0.307 e. The molecule has 0 atom stereocenters. The first-order valence-corrected chi connectivity index (χ1v) is 6.52. The van der Waals surface area contributed by atoms with Gasteiger partial charge in [0, 0.05) is 19.7 Å². The van der Waals surface area contributed by atoms with E-state index in [0.717, 1.165) is 11.0 Å². The van der Waals surface area contributed by atoms with E-state index in [1.165, 1.54) is 7.11 Å². The molecule has 122 valence electrons. The number of amides is 1. The molecule has 0 aliphatic heterocycles. The molecule has 0 heterocycles. The van der Waals surface area contributed by atoms with E-state index in [4.69, 9.17) is 5.11 Å². The van der Waals surface area contributed by atoms with Gasteiger partial charge >= 0.3 is 5.97 Å². The first-order chi connectivity index (χ1) is 10.4. The Kier molecular flexibility index (Phi) is 6.84. The molecular formula is C14H16F3NO4. The smallest absolute Gasteiger partial charge is 0.307 e. The highest BCUT2D eigenvalue weighted by Gasteiger charge is 2.23. The van der Waals surface area contributed by atoms with E-state index in [1.54, 1.807) is 0 Å². The summed E-state index contributed by atoms with van der Waals surface area (Å²) in [7, 11) is 1.18. The van der Waals surface area contributed by atoms with Crippen LogP contribution in [0, 0.1) is 17.5 Å². The molecule has 0 bridgehead atoms. The van der Waals surface area contributed by atoms with Crippen LogP contribution in [0.5, 0.6) is 0 Å². The third kappa shape index (κ3) is 4.45. The van der Waals surface area contributed by atoms with Crippen molar-refractivity contribution in [2.24, 2.45) is 0 Å². The first kappa shape index (κ1) is 18.0. The second-order valence-electron chi connectivity index (χ2n) is 4.42. The minimum Gasteiger partial charge on any atom is -0.469 e. The minimum atomic E-state index is -1.74. The van der Waals surface area contributed by atoms with Crippen LogP contribution < -0.4 is 0 Å². The van der Waals surface area contributed by atoms with Gasteiger partial charge in [0.25, 0.3) is 5.91 Å². The Hall–Kier alpha value is -2.09. The maximum absolute atomic E-state index is 13.7. The van der Waals surface area contributed by atoms with Gasteiger partial charge in [0.1, 0.15) is 0 Å². The summed E-state index contributed by atoms with van der Waals surface area (Å²) in [5, 5.41) is 8.81. The van der Waals surface area contributed by atoms with Crippen molar-refractivity contribution in [2.45, 2.75) is 12.8 Å². The monoisotopic (exact) mass is 319 g/mol. The molecule has 1 rings (SSSR count). The lowest BCUT2D eigenvalue weighted by molar-refractivity contribution is -0.140. The zero-order valence-corrected chi connectivity index (χ0v) is 11.9. The van der Waals surface area contributed by atoms with E-state index >= 15 is 0 Å². The van der Waals surface area contributed by atoms with E-state index in [-0.39, 0.29) is 32.5 Å². The number of hydrogen-bond acceptors (Lipinski definition) is 4. The number of hydrogen-bond donors (Lipinski definition) is 1. The van der Waals surface area contributed by atoms with Crippen LogP contribution in [0.25, 0.3) is 0 Å². The number of aliphatic hydroxyl groups excluding tert-OH is 1. The van der Waals surface area contributed by atoms with Crippen LogP contribution in [0.4, 0.5) is 13.2 Å². The quantitative estimate of drug-likeness (QED) is 0.611. The van der Waals surface area contributed by atoms with Crippen molar-refractivity contribution in [3.05, 3.63) is 35.1 Å². The number of nitrogens with zero attached hydrogens (tertiary/aromatic N) is 1. The van der Waals surface area contributed by atoms with Gasteiger partial charge in [0.15, 0.2) is 17.5 Å². The highest BCUT2D eigenvalue weighted by Crippen LogP contribution is 2.17. The molecule has 0 unspecified atom stereocenters. The molecule has 0 spiro atoms. The van der Waals surface area contributed by atoms with Gasteiger partial charge in [-0.2, -0.15) is 0 Å². The zero-order valence-electron chi connectivity index (χ0n) is 11.9. The van der Waals surface area contributed by atoms with Crippen LogP contribution in [0.3, 0.4) is 0 Å². The Bertz CT molecular complexity index is 551. The molecule has 22 heavy (non-hydrogen) atoms. The van der Waals surface area contributed by atoms with Crippen molar-refractivity contribution in [2.75, 3.05) is 26.8 Å². The third-order valence-corrected chi connectivity index (χ3v) is 2.95. The van der Waals surface area contributed by atoms with Crippen LogP contribution in [0.1, 0.15) is 23.2 Å². The Morgan fingerprint density at radius 2 is 1.86 bits per heavy atom. The van der Waals surface area contributed by atoms with E-state index < -0.39 is 34.9 Å². The number of methoxy groups -OCH3 is 1. The molecule has 0 aliphatic rings. The largest absolute Gasteiger partial charge is 0.469 e. The summed E-state index contributed by atoms with van der Waals surface area (Å²) in [6, 6.07) is 1.48. The maximum atomic E-state index is 13.7. The SMILES string of the molecule is COC(=O)CCN(CCCO)C(=O)c1ccc(F)c(F)c1F. The summed E-state index contributed by atoms with van der Waals surface area (Å²) in [5.74, 6) is -6.19. The minimum absolute atomic E-state index is 0.0325. The fourth-order valence-electron chi connectivity index (χ4n) is 1.77. The standard InChI is InChI=1S/C14H16F3NO4/c1-22-11(20)5-7-18(6-2-8-19)14(21)9-3-4-10(15)13(17)12(9)16/h3-4,19H,2,5-8H2,1H3. The Labute approximate surface area is 125 Å². The normalized spacial score (nSPS) is 10.4. The predicted octanol–water partition coefficient (Wildman–Crippen LogP) is 1.49. The van der Waals surface area contributed by atoms with Crippen molar-refractivity contribution in [1.29, 1.82) is 0 Å². The summed E-state index contributed by atoms with van der Waals surface area (Å²) in [6.45, 7) is -0.281. The van der Waals surface area contributed by atoms with Gasteiger partial charge in [-0.3, -0.25) is 9.59 Å². The molecule has 0 fully saturated rings. The van der Waals surface area contributed by atoms with E-state index in [9.17, 15) is 22.8 Å². The van der Waals surface area contributed by atoms with Gasteiger partial charge in [-0.1, -0.05) is 0 Å². The third-order valence-electron chi connectivity index (χ3n) is 2.95. The number of benzene rings is 1. The summed E-state index contributed by atoms with van der Waals surface area (Å²) < 4.78 is 44.2.